The van der Waals surface area contributed by atoms with E-state index in [4.69, 9.17) is 9.52 Å². The summed E-state index contributed by atoms with van der Waals surface area (Å²) in [6.07, 6.45) is 3.93. The van der Waals surface area contributed by atoms with Gasteiger partial charge in [0.15, 0.2) is 0 Å². The van der Waals surface area contributed by atoms with Crippen LogP contribution >= 0.6 is 0 Å². The minimum atomic E-state index is -1.10. The van der Waals surface area contributed by atoms with Crippen LogP contribution in [-0.2, 0) is 6.42 Å². The van der Waals surface area contributed by atoms with E-state index in [1.165, 1.54) is 0 Å². The maximum atomic E-state index is 11.1. The lowest BCUT2D eigenvalue weighted by molar-refractivity contribution is 0.0662. The molecule has 3 aromatic rings. The second-order valence-corrected chi connectivity index (χ2v) is 4.04. The van der Waals surface area contributed by atoms with E-state index in [0.29, 0.717) is 17.7 Å². The predicted octanol–water partition coefficient (Wildman–Crippen LogP) is 2.25. The Morgan fingerprint density at radius 2 is 2.32 bits per heavy atom. The van der Waals surface area contributed by atoms with Crippen LogP contribution in [-0.4, -0.2) is 25.7 Å². The van der Waals surface area contributed by atoms with Gasteiger partial charge in [0.2, 0.25) is 11.7 Å². The lowest BCUT2D eigenvalue weighted by atomic mass is 10.2. The maximum Gasteiger partial charge on any atom is 0.373 e. The average molecular weight is 257 g/mol. The molecule has 0 spiro atoms. The van der Waals surface area contributed by atoms with Gasteiger partial charge in [-0.3, -0.25) is 0 Å². The topological polar surface area (TPSA) is 80.6 Å². The second kappa shape index (κ2) is 4.24. The Labute approximate surface area is 108 Å². The molecular formula is C13H11N3O3. The number of aromatic nitrogens is 3. The van der Waals surface area contributed by atoms with Gasteiger partial charge in [-0.1, -0.05) is 13.0 Å². The van der Waals surface area contributed by atoms with Crippen molar-refractivity contribution in [2.45, 2.75) is 13.3 Å². The first-order chi connectivity index (χ1) is 9.20. The second-order valence-electron chi connectivity index (χ2n) is 4.04. The van der Waals surface area contributed by atoms with Crippen molar-refractivity contribution in [3.63, 3.8) is 0 Å². The Balaban J connectivity index is 2.19. The zero-order chi connectivity index (χ0) is 13.4. The molecule has 3 aromatic heterocycles. The number of oxazole rings is 1. The minimum Gasteiger partial charge on any atom is -0.475 e. The molecule has 0 unspecified atom stereocenters. The van der Waals surface area contributed by atoms with Crippen LogP contribution in [0.1, 0.15) is 23.2 Å². The van der Waals surface area contributed by atoms with Crippen LogP contribution in [0.4, 0.5) is 0 Å². The number of hydrogen-bond donors (Lipinski definition) is 1. The van der Waals surface area contributed by atoms with E-state index in [2.05, 4.69) is 10.1 Å². The van der Waals surface area contributed by atoms with Crippen molar-refractivity contribution in [3.8, 4) is 11.5 Å². The molecule has 0 aromatic carbocycles. The Kier molecular flexibility index (Phi) is 2.56. The van der Waals surface area contributed by atoms with Gasteiger partial charge in [-0.15, -0.1) is 0 Å². The Morgan fingerprint density at radius 1 is 1.47 bits per heavy atom. The number of carbonyl (C=O) groups is 1. The predicted molar refractivity (Wildman–Crippen MR) is 67.0 cm³/mol. The summed E-state index contributed by atoms with van der Waals surface area (Å²) in [5.41, 5.74) is 1.95. The normalized spacial score (nSPS) is 11.0. The number of hydrogen-bond acceptors (Lipinski definition) is 4. The van der Waals surface area contributed by atoms with Crippen molar-refractivity contribution >= 4 is 11.5 Å². The van der Waals surface area contributed by atoms with Gasteiger partial charge in [0.1, 0.15) is 0 Å². The molecular weight excluding hydrogens is 246 g/mol. The van der Waals surface area contributed by atoms with Crippen molar-refractivity contribution < 1.29 is 14.3 Å². The largest absolute Gasteiger partial charge is 0.475 e. The molecule has 19 heavy (non-hydrogen) atoms. The first-order valence-electron chi connectivity index (χ1n) is 5.86. The van der Waals surface area contributed by atoms with Crippen molar-refractivity contribution in [2.24, 2.45) is 0 Å². The third-order valence-corrected chi connectivity index (χ3v) is 2.88. The summed E-state index contributed by atoms with van der Waals surface area (Å²) in [5.74, 6) is -0.921. The lowest BCUT2D eigenvalue weighted by Gasteiger charge is -1.93. The highest BCUT2D eigenvalue weighted by Gasteiger charge is 2.20. The summed E-state index contributed by atoms with van der Waals surface area (Å²) in [4.78, 5) is 15.3. The summed E-state index contributed by atoms with van der Waals surface area (Å²) in [6, 6.07) is 5.61. The van der Waals surface area contributed by atoms with Crippen molar-refractivity contribution in [2.75, 3.05) is 0 Å². The van der Waals surface area contributed by atoms with Crippen LogP contribution in [0.15, 0.2) is 35.0 Å². The maximum absolute atomic E-state index is 11.1. The number of rotatable bonds is 3. The van der Waals surface area contributed by atoms with Gasteiger partial charge in [0, 0.05) is 6.20 Å². The van der Waals surface area contributed by atoms with E-state index < -0.39 is 5.97 Å². The fraction of sp³-hybridized carbons (Fsp3) is 0.154. The fourth-order valence-electron chi connectivity index (χ4n) is 1.97. The molecule has 0 aliphatic carbocycles. The SMILES string of the molecule is CCc1nc(-c2cnn3ccccc23)oc1C(=O)O. The number of carboxylic acids is 1. The summed E-state index contributed by atoms with van der Waals surface area (Å²) in [7, 11) is 0. The minimum absolute atomic E-state index is 0.104. The Morgan fingerprint density at radius 3 is 3.00 bits per heavy atom. The third-order valence-electron chi connectivity index (χ3n) is 2.88. The van der Waals surface area contributed by atoms with Crippen LogP contribution in [0.3, 0.4) is 0 Å². The molecule has 6 heteroatoms. The summed E-state index contributed by atoms with van der Waals surface area (Å²) < 4.78 is 7.04. The number of carboxylic acid groups (broad SMARTS) is 1. The molecule has 0 aliphatic heterocycles. The Bertz CT molecular complexity index is 757. The first-order valence-corrected chi connectivity index (χ1v) is 5.86. The highest BCUT2D eigenvalue weighted by Crippen LogP contribution is 2.26. The van der Waals surface area contributed by atoms with E-state index in [9.17, 15) is 4.79 Å². The number of pyridine rings is 1. The molecule has 0 amide bonds. The zero-order valence-corrected chi connectivity index (χ0v) is 10.2. The van der Waals surface area contributed by atoms with Gasteiger partial charge >= 0.3 is 5.97 Å². The van der Waals surface area contributed by atoms with Gasteiger partial charge < -0.3 is 9.52 Å². The van der Waals surface area contributed by atoms with Crippen LogP contribution in [0.2, 0.25) is 0 Å². The Hall–Kier alpha value is -2.63. The molecule has 0 saturated carbocycles. The molecule has 0 saturated heterocycles. The van der Waals surface area contributed by atoms with Crippen LogP contribution in [0, 0.1) is 0 Å². The van der Waals surface area contributed by atoms with E-state index in [-0.39, 0.29) is 11.7 Å². The molecule has 96 valence electrons. The summed E-state index contributed by atoms with van der Waals surface area (Å²) >= 11 is 0. The molecule has 0 aliphatic rings. The average Bonchev–Trinajstić information content (AvgIpc) is 3.01. The summed E-state index contributed by atoms with van der Waals surface area (Å²) in [5, 5.41) is 13.2. The third kappa shape index (κ3) is 1.77. The van der Waals surface area contributed by atoms with Gasteiger partial charge in [0.25, 0.3) is 0 Å². The standard InChI is InChI=1S/C13H11N3O3/c1-2-9-11(13(17)18)19-12(15-9)8-7-14-16-6-4-3-5-10(8)16/h3-7H,2H2,1H3,(H,17,18). The molecule has 3 heterocycles. The quantitative estimate of drug-likeness (QED) is 0.778. The molecule has 0 atom stereocenters. The van der Waals surface area contributed by atoms with Gasteiger partial charge in [0.05, 0.1) is 23.0 Å². The monoisotopic (exact) mass is 257 g/mol. The van der Waals surface area contributed by atoms with E-state index in [0.717, 1.165) is 5.52 Å². The van der Waals surface area contributed by atoms with Gasteiger partial charge in [-0.2, -0.15) is 5.10 Å². The molecule has 0 radical (unpaired) electrons. The van der Waals surface area contributed by atoms with Crippen LogP contribution in [0.25, 0.3) is 17.0 Å². The highest BCUT2D eigenvalue weighted by molar-refractivity contribution is 5.86. The number of aromatic carboxylic acids is 1. The first kappa shape index (κ1) is 11.5. The zero-order valence-electron chi connectivity index (χ0n) is 10.2. The van der Waals surface area contributed by atoms with Crippen LogP contribution in [0.5, 0.6) is 0 Å². The smallest absolute Gasteiger partial charge is 0.373 e. The molecule has 6 nitrogen and oxygen atoms in total. The lowest BCUT2D eigenvalue weighted by Crippen LogP contribution is -1.98. The van der Waals surface area contributed by atoms with Crippen molar-refractivity contribution in [3.05, 3.63) is 42.0 Å². The van der Waals surface area contributed by atoms with Crippen molar-refractivity contribution in [1.82, 2.24) is 14.6 Å². The van der Waals surface area contributed by atoms with Crippen LogP contribution < -0.4 is 0 Å². The molecule has 0 fully saturated rings. The molecule has 3 rings (SSSR count). The molecule has 1 N–H and O–H groups in total. The van der Waals surface area contributed by atoms with Gasteiger partial charge in [-0.05, 0) is 18.6 Å². The van der Waals surface area contributed by atoms with Crippen molar-refractivity contribution in [1.29, 1.82) is 0 Å². The number of aryl methyl sites for hydroxylation is 1. The molecule has 0 bridgehead atoms. The van der Waals surface area contributed by atoms with E-state index in [1.54, 1.807) is 16.9 Å². The van der Waals surface area contributed by atoms with Gasteiger partial charge in [-0.25, -0.2) is 14.3 Å². The number of fused-ring (bicyclic) bond motifs is 1. The van der Waals surface area contributed by atoms with E-state index >= 15 is 0 Å². The highest BCUT2D eigenvalue weighted by atomic mass is 16.4. The fourth-order valence-corrected chi connectivity index (χ4v) is 1.97. The summed E-state index contributed by atoms with van der Waals surface area (Å²) in [6.45, 7) is 1.84. The van der Waals surface area contributed by atoms with E-state index in [1.807, 2.05) is 25.1 Å². The number of nitrogens with zero attached hydrogens (tertiary/aromatic N) is 3.